The zero-order valence-electron chi connectivity index (χ0n) is 10.2. The van der Waals surface area contributed by atoms with E-state index in [2.05, 4.69) is 4.98 Å². The highest BCUT2D eigenvalue weighted by Crippen LogP contribution is 2.35. The van der Waals surface area contributed by atoms with Crippen molar-refractivity contribution in [3.8, 4) is 0 Å². The van der Waals surface area contributed by atoms with Gasteiger partial charge < -0.3 is 15.6 Å². The Morgan fingerprint density at radius 2 is 2.18 bits per heavy atom. The normalized spacial score (nSPS) is 29.2. The van der Waals surface area contributed by atoms with Crippen molar-refractivity contribution in [3.63, 3.8) is 0 Å². The van der Waals surface area contributed by atoms with E-state index in [1.807, 2.05) is 12.1 Å². The van der Waals surface area contributed by atoms with Gasteiger partial charge in [0.2, 0.25) is 0 Å². The summed E-state index contributed by atoms with van der Waals surface area (Å²) in [5.41, 5.74) is 6.83. The summed E-state index contributed by atoms with van der Waals surface area (Å²) in [7, 11) is 1.66. The molecule has 1 aliphatic rings. The van der Waals surface area contributed by atoms with Crippen molar-refractivity contribution in [3.05, 3.63) is 29.6 Å². The Kier molecular flexibility index (Phi) is 3.76. The van der Waals surface area contributed by atoms with Gasteiger partial charge in [0.05, 0.1) is 12.3 Å². The molecule has 0 atom stereocenters. The molecule has 0 aromatic carbocycles. The lowest BCUT2D eigenvalue weighted by Crippen LogP contribution is -2.37. The van der Waals surface area contributed by atoms with E-state index >= 15 is 0 Å². The van der Waals surface area contributed by atoms with Gasteiger partial charge in [0, 0.05) is 19.3 Å². The van der Waals surface area contributed by atoms with Gasteiger partial charge in [-0.2, -0.15) is 0 Å². The average molecular weight is 236 g/mol. The first-order chi connectivity index (χ1) is 8.14. The first-order valence-corrected chi connectivity index (χ1v) is 6.06. The molecule has 94 valence electrons. The van der Waals surface area contributed by atoms with Crippen LogP contribution in [0.3, 0.4) is 0 Å². The second kappa shape index (κ2) is 5.12. The summed E-state index contributed by atoms with van der Waals surface area (Å²) in [5.74, 6) is 0. The first kappa shape index (κ1) is 12.5. The monoisotopic (exact) mass is 236 g/mol. The van der Waals surface area contributed by atoms with E-state index in [-0.39, 0.29) is 6.04 Å². The molecule has 0 radical (unpaired) electrons. The van der Waals surface area contributed by atoms with Crippen LogP contribution in [0.25, 0.3) is 0 Å². The van der Waals surface area contributed by atoms with E-state index < -0.39 is 5.60 Å². The fourth-order valence-electron chi connectivity index (χ4n) is 2.33. The maximum Gasteiger partial charge on any atom is 0.107 e. The summed E-state index contributed by atoms with van der Waals surface area (Å²) in [6, 6.07) is 4.08. The van der Waals surface area contributed by atoms with Crippen LogP contribution in [-0.2, 0) is 16.9 Å². The highest BCUT2D eigenvalue weighted by molar-refractivity contribution is 5.19. The number of hydrogen-bond acceptors (Lipinski definition) is 4. The van der Waals surface area contributed by atoms with Gasteiger partial charge >= 0.3 is 0 Å². The maximum absolute atomic E-state index is 10.5. The Morgan fingerprint density at radius 1 is 1.47 bits per heavy atom. The van der Waals surface area contributed by atoms with Crippen LogP contribution in [0, 0.1) is 0 Å². The quantitative estimate of drug-likeness (QED) is 0.830. The third kappa shape index (κ3) is 2.83. The van der Waals surface area contributed by atoms with Crippen LogP contribution in [0.5, 0.6) is 0 Å². The van der Waals surface area contributed by atoms with Crippen LogP contribution in [-0.4, -0.2) is 23.2 Å². The van der Waals surface area contributed by atoms with Crippen molar-refractivity contribution in [1.82, 2.24) is 4.98 Å². The minimum Gasteiger partial charge on any atom is -0.384 e. The Balaban J connectivity index is 2.10. The summed E-state index contributed by atoms with van der Waals surface area (Å²) < 4.78 is 5.03. The lowest BCUT2D eigenvalue weighted by Gasteiger charge is -2.34. The number of rotatable bonds is 3. The number of pyridine rings is 1. The third-order valence-corrected chi connectivity index (χ3v) is 3.47. The molecular weight excluding hydrogens is 216 g/mol. The van der Waals surface area contributed by atoms with Crippen molar-refractivity contribution in [2.24, 2.45) is 5.73 Å². The van der Waals surface area contributed by atoms with Crippen molar-refractivity contribution in [2.45, 2.75) is 43.9 Å². The van der Waals surface area contributed by atoms with Gasteiger partial charge in [-0.15, -0.1) is 0 Å². The van der Waals surface area contributed by atoms with Gasteiger partial charge in [0.25, 0.3) is 0 Å². The zero-order chi connectivity index (χ0) is 12.3. The highest BCUT2D eigenvalue weighted by atomic mass is 16.5. The van der Waals surface area contributed by atoms with Crippen molar-refractivity contribution >= 4 is 0 Å². The molecule has 1 aromatic heterocycles. The van der Waals surface area contributed by atoms with Crippen LogP contribution in [0.4, 0.5) is 0 Å². The molecule has 1 saturated carbocycles. The minimum atomic E-state index is -0.790. The molecule has 0 saturated heterocycles. The Bertz CT molecular complexity index is 356. The Labute approximate surface area is 102 Å². The second-order valence-electron chi connectivity index (χ2n) is 4.85. The van der Waals surface area contributed by atoms with Crippen molar-refractivity contribution in [1.29, 1.82) is 0 Å². The largest absolute Gasteiger partial charge is 0.384 e. The lowest BCUT2D eigenvalue weighted by atomic mass is 9.80. The van der Waals surface area contributed by atoms with E-state index in [9.17, 15) is 5.11 Å². The number of nitrogens with zero attached hydrogens (tertiary/aromatic N) is 1. The number of aliphatic hydroxyl groups is 1. The van der Waals surface area contributed by atoms with Gasteiger partial charge in [-0.25, -0.2) is 0 Å². The lowest BCUT2D eigenvalue weighted by molar-refractivity contribution is -0.00893. The van der Waals surface area contributed by atoms with Crippen LogP contribution >= 0.6 is 0 Å². The van der Waals surface area contributed by atoms with Gasteiger partial charge in [-0.05, 0) is 37.3 Å². The van der Waals surface area contributed by atoms with E-state index in [0.29, 0.717) is 19.4 Å². The van der Waals surface area contributed by atoms with E-state index in [1.54, 1.807) is 13.3 Å². The first-order valence-electron chi connectivity index (χ1n) is 6.06. The molecule has 4 nitrogen and oxygen atoms in total. The summed E-state index contributed by atoms with van der Waals surface area (Å²) in [6.45, 7) is 0.552. The molecule has 4 heteroatoms. The number of methoxy groups -OCH3 is 1. The SMILES string of the molecule is COCc1ccc(C2(O)CCC(N)CC2)nc1. The molecule has 1 aromatic rings. The molecule has 0 aliphatic heterocycles. The number of aromatic nitrogens is 1. The molecule has 0 unspecified atom stereocenters. The van der Waals surface area contributed by atoms with Crippen LogP contribution in [0.15, 0.2) is 18.3 Å². The van der Waals surface area contributed by atoms with Gasteiger partial charge in [0.1, 0.15) is 5.60 Å². The van der Waals surface area contributed by atoms with Gasteiger partial charge in [-0.3, -0.25) is 4.98 Å². The minimum absolute atomic E-state index is 0.225. The Hall–Kier alpha value is -0.970. The number of nitrogens with two attached hydrogens (primary N) is 1. The molecule has 2 rings (SSSR count). The molecule has 17 heavy (non-hydrogen) atoms. The number of ether oxygens (including phenoxy) is 1. The summed E-state index contributed by atoms with van der Waals surface area (Å²) in [5, 5.41) is 10.5. The fraction of sp³-hybridized carbons (Fsp3) is 0.615. The van der Waals surface area contributed by atoms with Crippen molar-refractivity contribution < 1.29 is 9.84 Å². The van der Waals surface area contributed by atoms with Gasteiger partial charge in [-0.1, -0.05) is 6.07 Å². The summed E-state index contributed by atoms with van der Waals surface area (Å²) >= 11 is 0. The standard InChI is InChI=1S/C13H20N2O2/c1-17-9-10-2-3-12(15-8-10)13(16)6-4-11(14)5-7-13/h2-3,8,11,16H,4-7,9,14H2,1H3. The van der Waals surface area contributed by atoms with Crippen molar-refractivity contribution in [2.75, 3.05) is 7.11 Å². The van der Waals surface area contributed by atoms with E-state index in [4.69, 9.17) is 10.5 Å². The number of hydrogen-bond donors (Lipinski definition) is 2. The smallest absolute Gasteiger partial charge is 0.107 e. The van der Waals surface area contributed by atoms with E-state index in [0.717, 1.165) is 24.1 Å². The topological polar surface area (TPSA) is 68.4 Å². The molecule has 0 spiro atoms. The van der Waals surface area contributed by atoms with Crippen LogP contribution < -0.4 is 5.73 Å². The molecule has 1 heterocycles. The molecule has 0 bridgehead atoms. The molecule has 1 fully saturated rings. The second-order valence-corrected chi connectivity index (χ2v) is 4.85. The zero-order valence-corrected chi connectivity index (χ0v) is 10.2. The summed E-state index contributed by atoms with van der Waals surface area (Å²) in [4.78, 5) is 4.35. The predicted octanol–water partition coefficient (Wildman–Crippen LogP) is 1.32. The molecule has 3 N–H and O–H groups in total. The summed E-state index contributed by atoms with van der Waals surface area (Å²) in [6.07, 6.45) is 4.89. The third-order valence-electron chi connectivity index (χ3n) is 3.47. The van der Waals surface area contributed by atoms with E-state index in [1.165, 1.54) is 0 Å². The molecule has 0 amide bonds. The Morgan fingerprint density at radius 3 is 2.71 bits per heavy atom. The molecular formula is C13H20N2O2. The van der Waals surface area contributed by atoms with Gasteiger partial charge in [0.15, 0.2) is 0 Å². The van der Waals surface area contributed by atoms with Crippen LogP contribution in [0.1, 0.15) is 36.9 Å². The van der Waals surface area contributed by atoms with Crippen LogP contribution in [0.2, 0.25) is 0 Å². The molecule has 1 aliphatic carbocycles. The predicted molar refractivity (Wildman–Crippen MR) is 65.3 cm³/mol. The average Bonchev–Trinajstić information content (AvgIpc) is 2.35. The highest BCUT2D eigenvalue weighted by Gasteiger charge is 2.34. The maximum atomic E-state index is 10.5. The fourth-order valence-corrected chi connectivity index (χ4v) is 2.33.